The molecule has 7 heteroatoms. The van der Waals surface area contributed by atoms with Crippen molar-refractivity contribution < 1.29 is 24.2 Å². The Morgan fingerprint density at radius 1 is 1.06 bits per heavy atom. The van der Waals surface area contributed by atoms with Gasteiger partial charge >= 0.3 is 12.1 Å². The summed E-state index contributed by atoms with van der Waals surface area (Å²) >= 11 is 0. The van der Waals surface area contributed by atoms with Gasteiger partial charge in [-0.1, -0.05) is 55.5 Å². The highest BCUT2D eigenvalue weighted by atomic mass is 16.5. The normalized spacial score (nSPS) is 19.4. The van der Waals surface area contributed by atoms with Gasteiger partial charge in [-0.15, -0.1) is 0 Å². The standard InChI is InChI=1S/C25H28N2O5/c1-2-16(12-23(28)26-13-15-11-21(15)24(29)30)27-25(31)32-14-22-19-9-5-3-7-17(19)18-8-4-6-10-20(18)22/h3-10,15-16,21-22H,2,11-14H2,1H3,(H,26,28)(H,27,31)(H,29,30). The predicted molar refractivity (Wildman–Crippen MR) is 119 cm³/mol. The molecule has 7 nitrogen and oxygen atoms in total. The number of benzene rings is 2. The van der Waals surface area contributed by atoms with Gasteiger partial charge in [0.15, 0.2) is 0 Å². The lowest BCUT2D eigenvalue weighted by molar-refractivity contribution is -0.139. The van der Waals surface area contributed by atoms with Crippen LogP contribution in [0, 0.1) is 11.8 Å². The highest BCUT2D eigenvalue weighted by Gasteiger charge is 2.43. The highest BCUT2D eigenvalue weighted by molar-refractivity contribution is 5.80. The molecule has 0 spiro atoms. The van der Waals surface area contributed by atoms with E-state index in [0.29, 0.717) is 19.4 Å². The lowest BCUT2D eigenvalue weighted by atomic mass is 9.98. The second-order valence-corrected chi connectivity index (χ2v) is 8.52. The molecule has 1 fully saturated rings. The van der Waals surface area contributed by atoms with Gasteiger partial charge in [0.25, 0.3) is 0 Å². The van der Waals surface area contributed by atoms with Crippen LogP contribution < -0.4 is 10.6 Å². The van der Waals surface area contributed by atoms with Crippen LogP contribution in [0.25, 0.3) is 11.1 Å². The van der Waals surface area contributed by atoms with Gasteiger partial charge in [-0.25, -0.2) is 4.79 Å². The van der Waals surface area contributed by atoms with Gasteiger partial charge in [0.05, 0.1) is 5.92 Å². The minimum Gasteiger partial charge on any atom is -0.481 e. The maximum absolute atomic E-state index is 12.4. The number of carbonyl (C=O) groups is 3. The Morgan fingerprint density at radius 3 is 2.25 bits per heavy atom. The molecule has 2 aromatic carbocycles. The topological polar surface area (TPSA) is 105 Å². The van der Waals surface area contributed by atoms with Crippen molar-refractivity contribution in [1.29, 1.82) is 0 Å². The summed E-state index contributed by atoms with van der Waals surface area (Å²) in [6.45, 7) is 2.47. The molecule has 0 radical (unpaired) electrons. The molecule has 3 N–H and O–H groups in total. The Labute approximate surface area is 187 Å². The quantitative estimate of drug-likeness (QED) is 0.558. The van der Waals surface area contributed by atoms with Gasteiger partial charge in [-0.3, -0.25) is 9.59 Å². The molecule has 168 valence electrons. The number of ether oxygens (including phenoxy) is 1. The number of carboxylic acids is 1. The average Bonchev–Trinajstić information content (AvgIpc) is 3.51. The number of fused-ring (bicyclic) bond motifs is 3. The first kappa shape index (κ1) is 21.9. The van der Waals surface area contributed by atoms with Crippen molar-refractivity contribution in [3.05, 3.63) is 59.7 Å². The fourth-order valence-corrected chi connectivity index (χ4v) is 4.42. The first-order valence-corrected chi connectivity index (χ1v) is 11.1. The fourth-order valence-electron chi connectivity index (χ4n) is 4.42. The van der Waals surface area contributed by atoms with E-state index in [1.807, 2.05) is 31.2 Å². The lowest BCUT2D eigenvalue weighted by Gasteiger charge is -2.19. The zero-order chi connectivity index (χ0) is 22.7. The van der Waals surface area contributed by atoms with Crippen LogP contribution in [-0.4, -0.2) is 42.3 Å². The number of hydrogen-bond donors (Lipinski definition) is 3. The van der Waals surface area contributed by atoms with Gasteiger partial charge in [0.1, 0.15) is 6.61 Å². The van der Waals surface area contributed by atoms with Crippen LogP contribution >= 0.6 is 0 Å². The van der Waals surface area contributed by atoms with E-state index >= 15 is 0 Å². The molecule has 3 unspecified atom stereocenters. The van der Waals surface area contributed by atoms with Crippen LogP contribution in [0.4, 0.5) is 4.79 Å². The van der Waals surface area contributed by atoms with Crippen LogP contribution in [-0.2, 0) is 14.3 Å². The van der Waals surface area contributed by atoms with Gasteiger partial charge in [-0.2, -0.15) is 0 Å². The van der Waals surface area contributed by atoms with Crippen molar-refractivity contribution in [1.82, 2.24) is 10.6 Å². The van der Waals surface area contributed by atoms with Crippen molar-refractivity contribution in [3.8, 4) is 11.1 Å². The minimum atomic E-state index is -0.812. The second-order valence-electron chi connectivity index (χ2n) is 8.52. The number of aliphatic carboxylic acids is 1. The predicted octanol–water partition coefficient (Wildman–Crippen LogP) is 3.53. The molecule has 1 saturated carbocycles. The first-order chi connectivity index (χ1) is 15.5. The number of hydrogen-bond acceptors (Lipinski definition) is 4. The number of alkyl carbamates (subject to hydrolysis) is 1. The van der Waals surface area contributed by atoms with Crippen LogP contribution in [0.15, 0.2) is 48.5 Å². The third kappa shape index (κ3) is 4.77. The molecule has 0 heterocycles. The molecule has 0 aliphatic heterocycles. The Hall–Kier alpha value is -3.35. The molecule has 3 atom stereocenters. The molecular weight excluding hydrogens is 408 g/mol. The number of carboxylic acid groups (broad SMARTS) is 1. The average molecular weight is 437 g/mol. The second kappa shape index (κ2) is 9.42. The van der Waals surface area contributed by atoms with Crippen molar-refractivity contribution in [2.45, 2.75) is 38.1 Å². The van der Waals surface area contributed by atoms with Gasteiger partial charge in [0.2, 0.25) is 5.91 Å². The molecular formula is C25H28N2O5. The van der Waals surface area contributed by atoms with Crippen LogP contribution in [0.2, 0.25) is 0 Å². The molecule has 32 heavy (non-hydrogen) atoms. The number of rotatable bonds is 9. The summed E-state index contributed by atoms with van der Waals surface area (Å²) in [5.41, 5.74) is 4.63. The summed E-state index contributed by atoms with van der Waals surface area (Å²) < 4.78 is 5.56. The summed E-state index contributed by atoms with van der Waals surface area (Å²) in [4.78, 5) is 35.5. The zero-order valence-electron chi connectivity index (χ0n) is 18.0. The molecule has 0 saturated heterocycles. The van der Waals surface area contributed by atoms with E-state index in [1.165, 1.54) is 11.1 Å². The third-order valence-corrected chi connectivity index (χ3v) is 6.39. The molecule has 2 aromatic rings. The largest absolute Gasteiger partial charge is 0.481 e. The van der Waals surface area contributed by atoms with Crippen molar-refractivity contribution >= 4 is 18.0 Å². The Morgan fingerprint density at radius 2 is 1.69 bits per heavy atom. The van der Waals surface area contributed by atoms with Crippen LogP contribution in [0.1, 0.15) is 43.2 Å². The van der Waals surface area contributed by atoms with Gasteiger partial charge < -0.3 is 20.5 Å². The van der Waals surface area contributed by atoms with Gasteiger partial charge in [-0.05, 0) is 41.0 Å². The molecule has 2 amide bonds. The minimum absolute atomic E-state index is 0.00613. The highest BCUT2D eigenvalue weighted by Crippen LogP contribution is 2.44. The first-order valence-electron chi connectivity index (χ1n) is 11.1. The summed E-state index contributed by atoms with van der Waals surface area (Å²) in [6.07, 6.45) is 0.772. The Kier molecular flexibility index (Phi) is 6.44. The zero-order valence-corrected chi connectivity index (χ0v) is 18.0. The van der Waals surface area contributed by atoms with E-state index in [-0.39, 0.29) is 42.7 Å². The van der Waals surface area contributed by atoms with Crippen molar-refractivity contribution in [2.75, 3.05) is 13.2 Å². The van der Waals surface area contributed by atoms with Crippen LogP contribution in [0.5, 0.6) is 0 Å². The summed E-state index contributed by atoms with van der Waals surface area (Å²) in [5, 5.41) is 14.5. The maximum Gasteiger partial charge on any atom is 0.407 e. The number of amides is 2. The number of nitrogens with one attached hydrogen (secondary N) is 2. The number of carbonyl (C=O) groups excluding carboxylic acids is 2. The van der Waals surface area contributed by atoms with E-state index in [1.54, 1.807) is 0 Å². The fraction of sp³-hybridized carbons (Fsp3) is 0.400. The Bertz CT molecular complexity index is 975. The van der Waals surface area contributed by atoms with E-state index in [2.05, 4.69) is 34.9 Å². The van der Waals surface area contributed by atoms with E-state index in [0.717, 1.165) is 11.1 Å². The summed E-state index contributed by atoms with van der Waals surface area (Å²) in [7, 11) is 0. The van der Waals surface area contributed by atoms with Crippen molar-refractivity contribution in [2.24, 2.45) is 11.8 Å². The monoisotopic (exact) mass is 436 g/mol. The summed E-state index contributed by atoms with van der Waals surface area (Å²) in [5.74, 6) is -1.38. The molecule has 2 aliphatic carbocycles. The lowest BCUT2D eigenvalue weighted by Crippen LogP contribution is -2.40. The Balaban J connectivity index is 1.27. The summed E-state index contributed by atoms with van der Waals surface area (Å²) in [6, 6.07) is 15.9. The SMILES string of the molecule is CCC(CC(=O)NCC1CC1C(=O)O)NC(=O)OCC1c2ccccc2-c2ccccc21. The maximum atomic E-state index is 12.4. The van der Waals surface area contributed by atoms with Crippen LogP contribution in [0.3, 0.4) is 0 Å². The van der Waals surface area contributed by atoms with E-state index < -0.39 is 12.1 Å². The smallest absolute Gasteiger partial charge is 0.407 e. The molecule has 4 rings (SSSR count). The van der Waals surface area contributed by atoms with Gasteiger partial charge in [0, 0.05) is 24.9 Å². The van der Waals surface area contributed by atoms with Crippen molar-refractivity contribution in [3.63, 3.8) is 0 Å². The molecule has 2 aliphatic rings. The molecule has 0 bridgehead atoms. The molecule has 0 aromatic heterocycles. The van der Waals surface area contributed by atoms with E-state index in [9.17, 15) is 14.4 Å². The third-order valence-electron chi connectivity index (χ3n) is 6.39. The van der Waals surface area contributed by atoms with E-state index in [4.69, 9.17) is 9.84 Å².